The molecule has 0 aliphatic rings. The van der Waals surface area contributed by atoms with Crippen LogP contribution in [0.3, 0.4) is 0 Å². The molecule has 0 saturated carbocycles. The van der Waals surface area contributed by atoms with Crippen molar-refractivity contribution in [2.24, 2.45) is 62.1 Å². The maximum Gasteiger partial charge on any atom is 0.342 e. The number of rotatable bonds is 49. The highest BCUT2D eigenvalue weighted by Crippen LogP contribution is 2.45. The number of unbranched alkanes of at least 4 members (excludes halogenated alkanes) is 1. The number of ether oxygens (including phenoxy) is 10. The summed E-state index contributed by atoms with van der Waals surface area (Å²) in [5, 5.41) is 52.3. The van der Waals surface area contributed by atoms with Crippen molar-refractivity contribution in [1.29, 1.82) is 0 Å². The van der Waals surface area contributed by atoms with Gasteiger partial charge < -0.3 is 88.4 Å². The van der Waals surface area contributed by atoms with Crippen LogP contribution in [0.2, 0.25) is 0 Å². The summed E-state index contributed by atoms with van der Waals surface area (Å²) in [5.74, 6) is -6.08. The van der Waals surface area contributed by atoms with Crippen molar-refractivity contribution in [2.45, 2.75) is 259 Å². The summed E-state index contributed by atoms with van der Waals surface area (Å²) < 4.78 is 77.9. The number of amides is 2. The molecule has 0 aliphatic carbocycles. The van der Waals surface area contributed by atoms with Gasteiger partial charge in [0.2, 0.25) is 11.8 Å². The first-order valence-corrected chi connectivity index (χ1v) is 48.6. The van der Waals surface area contributed by atoms with E-state index in [-0.39, 0.29) is 155 Å². The topological polar surface area (TPSA) is 472 Å². The fourth-order valence-corrected chi connectivity index (χ4v) is 15.4. The normalized spacial score (nSPS) is 13.7. The van der Waals surface area contributed by atoms with Crippen LogP contribution in [-0.2, 0) is 110 Å². The molecule has 9 atom stereocenters. The summed E-state index contributed by atoms with van der Waals surface area (Å²) in [6.45, 7) is 42.0. The van der Waals surface area contributed by atoms with Gasteiger partial charge in [-0.1, -0.05) is 129 Å². The second-order valence-electron chi connectivity index (χ2n) is 37.1. The number of phenolic OH excluding ortho intramolecular Hbond substituents is 5. The van der Waals surface area contributed by atoms with Gasteiger partial charge in [0.25, 0.3) is 10.0 Å². The summed E-state index contributed by atoms with van der Waals surface area (Å²) in [6.07, 6.45) is 9.32. The zero-order chi connectivity index (χ0) is 106. The molecule has 5 rings (SSSR count). The Bertz CT molecular complexity index is 4550. The number of hydrogen-bond acceptors (Lipinski definition) is 30. The number of phenols is 5. The zero-order valence-corrected chi connectivity index (χ0v) is 87.4. The first kappa shape index (κ1) is 126. The average molecular weight is 1960 g/mol. The highest BCUT2D eigenvalue weighted by Gasteiger charge is 2.48. The van der Waals surface area contributed by atoms with Gasteiger partial charge in [-0.2, -0.15) is 0 Å². The van der Waals surface area contributed by atoms with E-state index in [4.69, 9.17) is 47.7 Å². The molecule has 0 heterocycles. The van der Waals surface area contributed by atoms with Crippen LogP contribution in [0.15, 0.2) is 120 Å². The largest absolute Gasteiger partial charge is 0.508 e. The number of benzene rings is 5. The molecular weight excluding hydrogens is 1800 g/mol. The second-order valence-corrected chi connectivity index (χ2v) is 38.8. The number of esters is 10. The molecule has 33 nitrogen and oxygen atoms in total. The predicted molar refractivity (Wildman–Crippen MR) is 528 cm³/mol. The lowest BCUT2D eigenvalue weighted by molar-refractivity contribution is -0.160. The van der Waals surface area contributed by atoms with Gasteiger partial charge in [-0.3, -0.25) is 57.5 Å². The number of sulfonamides is 1. The Morgan fingerprint density at radius 1 is 0.377 bits per heavy atom. The van der Waals surface area contributed by atoms with Gasteiger partial charge in [-0.15, -0.1) is 0 Å². The lowest BCUT2D eigenvalue weighted by atomic mass is 9.69. The van der Waals surface area contributed by atoms with Crippen LogP contribution >= 0.6 is 0 Å². The summed E-state index contributed by atoms with van der Waals surface area (Å²) in [5.41, 5.74) is -2.96. The number of methoxy groups -OCH3 is 5. The summed E-state index contributed by atoms with van der Waals surface area (Å²) in [4.78, 5) is 148. The van der Waals surface area contributed by atoms with Crippen LogP contribution in [0.1, 0.15) is 270 Å². The first-order valence-electron chi connectivity index (χ1n) is 47.1. The molecule has 2 amide bonds. The molecule has 0 bridgehead atoms. The third-order valence-electron chi connectivity index (χ3n) is 23.5. The summed E-state index contributed by atoms with van der Waals surface area (Å²) in [7, 11) is 4.93. The maximum atomic E-state index is 12.9. The molecule has 5 aromatic carbocycles. The Kier molecular flexibility index (Phi) is 57.8. The minimum atomic E-state index is -3.81. The van der Waals surface area contributed by atoms with E-state index in [9.17, 15) is 86.4 Å². The number of nitrogens with zero attached hydrogens (tertiary/aromatic N) is 1. The molecule has 0 aliphatic heterocycles. The Morgan fingerprint density at radius 3 is 1.09 bits per heavy atom. The molecule has 776 valence electrons. The van der Waals surface area contributed by atoms with Gasteiger partial charge in [0, 0.05) is 40.5 Å². The minimum absolute atomic E-state index is 0.0333. The Morgan fingerprint density at radius 2 is 0.739 bits per heavy atom. The van der Waals surface area contributed by atoms with Gasteiger partial charge in [0.05, 0.1) is 105 Å². The molecule has 0 saturated heterocycles. The van der Waals surface area contributed by atoms with E-state index in [2.05, 4.69) is 39.0 Å². The monoisotopic (exact) mass is 1960 g/mol. The Labute approximate surface area is 818 Å². The maximum absolute atomic E-state index is 12.9. The van der Waals surface area contributed by atoms with Gasteiger partial charge in [0.15, 0.2) is 0 Å². The molecule has 5 aromatic rings. The molecule has 9 unspecified atom stereocenters. The average Bonchev–Trinajstić information content (AvgIpc) is 0.807. The van der Waals surface area contributed by atoms with E-state index in [1.54, 1.807) is 91.8 Å². The number of aromatic hydroxyl groups is 5. The molecule has 0 spiro atoms. The van der Waals surface area contributed by atoms with Crippen molar-refractivity contribution >= 4 is 98.6 Å². The van der Waals surface area contributed by atoms with E-state index in [0.29, 0.717) is 69.0 Å². The molecule has 0 fully saturated rings. The highest BCUT2D eigenvalue weighted by molar-refractivity contribution is 7.92. The van der Waals surface area contributed by atoms with E-state index in [0.717, 1.165) is 50.4 Å². The van der Waals surface area contributed by atoms with E-state index in [1.807, 2.05) is 83.1 Å². The first-order chi connectivity index (χ1) is 64.5. The van der Waals surface area contributed by atoms with E-state index in [1.165, 1.54) is 121 Å². The van der Waals surface area contributed by atoms with Crippen LogP contribution in [0.4, 0.5) is 17.1 Å². The van der Waals surface area contributed by atoms with Gasteiger partial charge >= 0.3 is 59.7 Å². The van der Waals surface area contributed by atoms with Crippen LogP contribution in [0, 0.1) is 62.1 Å². The van der Waals surface area contributed by atoms with E-state index < -0.39 is 78.7 Å². The number of carbonyl (C=O) groups excluding carboxylic acids is 12. The van der Waals surface area contributed by atoms with Crippen molar-refractivity contribution in [2.75, 3.05) is 104 Å². The van der Waals surface area contributed by atoms with Crippen molar-refractivity contribution < 1.29 is 139 Å². The Hall–Kier alpha value is -11.6. The quantitative estimate of drug-likeness (QED) is 0.00776. The molecule has 0 radical (unpaired) electrons. The number of nitrogens with one attached hydrogen (secondary N) is 3. The fourth-order valence-electron chi connectivity index (χ4n) is 14.3. The lowest BCUT2D eigenvalue weighted by Gasteiger charge is -2.36. The number of hydrogen-bond donors (Lipinski definition) is 8. The van der Waals surface area contributed by atoms with Crippen LogP contribution in [0.25, 0.3) is 0 Å². The summed E-state index contributed by atoms with van der Waals surface area (Å²) >= 11 is 0. The van der Waals surface area contributed by atoms with Crippen LogP contribution in [0.5, 0.6) is 28.7 Å². The molecule has 8 N–H and O–H groups in total. The second kappa shape index (κ2) is 63.1. The van der Waals surface area contributed by atoms with Crippen molar-refractivity contribution in [3.8, 4) is 28.7 Å². The molecule has 138 heavy (non-hydrogen) atoms. The lowest BCUT2D eigenvalue weighted by Crippen LogP contribution is -2.42. The molecule has 0 aromatic heterocycles. The zero-order valence-electron chi connectivity index (χ0n) is 86.6. The predicted octanol–water partition coefficient (Wildman–Crippen LogP) is 18.8. The third kappa shape index (κ3) is 45.4. The standard InChI is InChI=1S/C25H33NO7S.2C23H35NO6.C14H18O6.C12H25NO2.C7H14O2/c1-6-18(23(28)32-4)16-25(3,24(29)33-5)15-17(2)19-7-13-22(14-8-19)34(30,31)26-20-9-11-21(27)12-10-20;2*1-7-13-30-19(26)16(8-2)14-23(5,21(28)29-6)15-22(3,4)20(27)24-17-9-11-18(25)12-10-17;1-3-9(2)13(17)19-6-7-20-14(18)11-5-4-10(15)8-12(11)16;1-5-7-8-13(4)9-10-15-12(14)11(3)6-2;1-5-7(2,3)6(8)9-4/h7-14,17-18,26-27H,6,15-16H2,1-5H3;2*9-12,16,25H,7-8,13-15H2,1-6H3,(H,24,27);4-5,8-9,15-16H,3,6-7H2,1-2H3;11H,5-10H2,1-4H3;5H2,1-4H3. The fraction of sp³-hybridized carbons (Fsp3) is 0.596. The van der Waals surface area contributed by atoms with Crippen molar-refractivity contribution in [3.63, 3.8) is 0 Å². The highest BCUT2D eigenvalue weighted by atomic mass is 32.2. The van der Waals surface area contributed by atoms with Gasteiger partial charge in [0.1, 0.15) is 54.1 Å². The van der Waals surface area contributed by atoms with Crippen molar-refractivity contribution in [1.82, 2.24) is 4.90 Å². The minimum Gasteiger partial charge on any atom is -0.508 e. The van der Waals surface area contributed by atoms with Crippen LogP contribution < -0.4 is 15.4 Å². The number of carbonyl (C=O) groups is 12. The molecule has 34 heteroatoms. The van der Waals surface area contributed by atoms with Crippen LogP contribution in [-0.4, -0.2) is 199 Å². The number of anilines is 3. The Balaban J connectivity index is 0.00000170. The smallest absolute Gasteiger partial charge is 0.342 e. The van der Waals surface area contributed by atoms with Crippen molar-refractivity contribution in [3.05, 3.63) is 126 Å². The third-order valence-corrected chi connectivity index (χ3v) is 24.9. The summed E-state index contributed by atoms with van der Waals surface area (Å²) in [6, 6.07) is 28.0. The SMILES string of the molecule is CCC(C)(C)C(=O)OC.CCC(C)C(=O)OCCOC(=O)c1ccc(O)cc1O.CCC(CC(C)(CC(C)c1ccc(S(=O)(=O)Nc2ccc(O)cc2)cc1)C(=O)OC)C(=O)OC.CCCCN(C)CCOC(=O)C(C)CC.CCCOC(=O)C(CC)CC(C)(CC(C)(C)C(=O)Nc1ccc(O)cc1)C(=O)OC.CCCOC(=O)C(CC)CC(C)(CC(C)(C)C(=O)Nc1ccc(O)cc1)C(=O)OC. The van der Waals surface area contributed by atoms with E-state index >= 15 is 0 Å². The van der Waals surface area contributed by atoms with Gasteiger partial charge in [-0.05, 0) is 253 Å². The van der Waals surface area contributed by atoms with Gasteiger partial charge in [-0.25, -0.2) is 13.2 Å². The number of likely N-dealkylation sites (N-methyl/N-ethyl adjacent to an activating group) is 1. The molecular formula is C104H160N4O29S.